The van der Waals surface area contributed by atoms with E-state index in [1.807, 2.05) is 0 Å². The Kier molecular flexibility index (Phi) is 10.2. The number of esters is 2. The van der Waals surface area contributed by atoms with Gasteiger partial charge in [-0.15, -0.1) is 0 Å². The van der Waals surface area contributed by atoms with Gasteiger partial charge in [-0.05, 0) is 41.0 Å². The largest absolute Gasteiger partial charge is 0.459 e. The van der Waals surface area contributed by atoms with Gasteiger partial charge in [0, 0.05) is 23.0 Å². The number of nitrogens with two attached hydrogens (primary N) is 2. The topological polar surface area (TPSA) is 157 Å². The Bertz CT molecular complexity index is 788. The van der Waals surface area contributed by atoms with Crippen molar-refractivity contribution in [3.8, 4) is 0 Å². The molecule has 0 radical (unpaired) electrons. The standard InChI is InChI=1S/C23H38N2O8/c1-11-12-23(32-19(24)28,33-20(25)29)22(10,16(7)31-18(27)14(4)5)21(8,9)15(6)30-17(26)13(2)3/h15-16H,2,4,11-12H2,1,3,5-10H3,(H2,24,28)(H2,25,29). The van der Waals surface area contributed by atoms with Crippen LogP contribution in [0.4, 0.5) is 9.59 Å². The predicted octanol–water partition coefficient (Wildman–Crippen LogP) is 3.72. The average molecular weight is 471 g/mol. The molecule has 0 heterocycles. The van der Waals surface area contributed by atoms with Crippen molar-refractivity contribution >= 4 is 24.1 Å². The summed E-state index contributed by atoms with van der Waals surface area (Å²) in [6, 6.07) is 0. The fourth-order valence-corrected chi connectivity index (χ4v) is 3.78. The minimum Gasteiger partial charge on any atom is -0.459 e. The van der Waals surface area contributed by atoms with E-state index in [2.05, 4.69) is 13.2 Å². The van der Waals surface area contributed by atoms with Crippen LogP contribution in [-0.2, 0) is 28.5 Å². The zero-order chi connectivity index (χ0) is 26.4. The molecular weight excluding hydrogens is 432 g/mol. The molecule has 0 aliphatic carbocycles. The molecule has 0 aromatic heterocycles. The molecule has 0 spiro atoms. The van der Waals surface area contributed by atoms with Crippen molar-refractivity contribution in [2.24, 2.45) is 22.3 Å². The Morgan fingerprint density at radius 1 is 0.818 bits per heavy atom. The summed E-state index contributed by atoms with van der Waals surface area (Å²) >= 11 is 0. The number of hydrogen-bond donors (Lipinski definition) is 2. The van der Waals surface area contributed by atoms with Crippen LogP contribution in [0.2, 0.25) is 0 Å². The zero-order valence-corrected chi connectivity index (χ0v) is 20.9. The van der Waals surface area contributed by atoms with Gasteiger partial charge in [-0.2, -0.15) is 0 Å². The van der Waals surface area contributed by atoms with Crippen LogP contribution in [0.15, 0.2) is 24.3 Å². The summed E-state index contributed by atoms with van der Waals surface area (Å²) in [7, 11) is 0. The second-order valence-electron chi connectivity index (χ2n) is 8.92. The SMILES string of the molecule is C=C(C)C(=O)OC(C)C(C)(C)C(C)(C(C)OC(=O)C(=C)C)C(CCC)(OC(N)=O)OC(N)=O. The van der Waals surface area contributed by atoms with Crippen molar-refractivity contribution in [1.29, 1.82) is 0 Å². The summed E-state index contributed by atoms with van der Waals surface area (Å²) < 4.78 is 22.1. The van der Waals surface area contributed by atoms with Crippen molar-refractivity contribution in [3.05, 3.63) is 24.3 Å². The summed E-state index contributed by atoms with van der Waals surface area (Å²) in [6.45, 7) is 20.0. The average Bonchev–Trinajstić information content (AvgIpc) is 2.65. The van der Waals surface area contributed by atoms with Gasteiger partial charge in [0.25, 0.3) is 5.79 Å². The van der Waals surface area contributed by atoms with E-state index in [1.54, 1.807) is 34.6 Å². The molecule has 0 rings (SSSR count). The molecule has 10 heteroatoms. The summed E-state index contributed by atoms with van der Waals surface area (Å²) in [4.78, 5) is 48.6. The Hall–Kier alpha value is -3.04. The van der Waals surface area contributed by atoms with Gasteiger partial charge in [-0.3, -0.25) is 0 Å². The van der Waals surface area contributed by atoms with Gasteiger partial charge in [0.05, 0.1) is 5.41 Å². The summed E-state index contributed by atoms with van der Waals surface area (Å²) in [6.07, 6.45) is -4.12. The van der Waals surface area contributed by atoms with Gasteiger partial charge in [0.15, 0.2) is 0 Å². The molecule has 4 N–H and O–H groups in total. The molecule has 0 aromatic carbocycles. The summed E-state index contributed by atoms with van der Waals surface area (Å²) in [5, 5.41) is 0. The smallest absolute Gasteiger partial charge is 0.407 e. The molecule has 2 amide bonds. The Morgan fingerprint density at radius 2 is 1.18 bits per heavy atom. The molecule has 0 aliphatic rings. The first kappa shape index (κ1) is 30.0. The molecule has 0 saturated heterocycles. The highest BCUT2D eigenvalue weighted by atomic mass is 16.7. The molecule has 0 aliphatic heterocycles. The second kappa shape index (κ2) is 11.2. The molecular formula is C23H38N2O8. The van der Waals surface area contributed by atoms with Crippen molar-refractivity contribution < 1.29 is 38.1 Å². The molecule has 0 aromatic rings. The molecule has 0 fully saturated rings. The summed E-state index contributed by atoms with van der Waals surface area (Å²) in [5.41, 5.74) is 8.29. The minimum atomic E-state index is -2.08. The number of carbonyl (C=O) groups excluding carboxylic acids is 4. The lowest BCUT2D eigenvalue weighted by Gasteiger charge is -2.57. The van der Waals surface area contributed by atoms with Gasteiger partial charge in [-0.1, -0.05) is 33.9 Å². The third-order valence-electron chi connectivity index (χ3n) is 6.33. The van der Waals surface area contributed by atoms with E-state index in [0.717, 1.165) is 0 Å². The van der Waals surface area contributed by atoms with Crippen LogP contribution >= 0.6 is 0 Å². The van der Waals surface area contributed by atoms with Crippen LogP contribution < -0.4 is 11.5 Å². The third kappa shape index (κ3) is 6.49. The molecule has 3 atom stereocenters. The zero-order valence-electron chi connectivity index (χ0n) is 20.9. The predicted molar refractivity (Wildman–Crippen MR) is 122 cm³/mol. The lowest BCUT2D eigenvalue weighted by Crippen LogP contribution is -2.67. The van der Waals surface area contributed by atoms with E-state index < -0.39 is 53.0 Å². The number of carbonyl (C=O) groups is 4. The van der Waals surface area contributed by atoms with Crippen molar-refractivity contribution in [3.63, 3.8) is 0 Å². The number of amides is 2. The van der Waals surface area contributed by atoms with E-state index in [0.29, 0.717) is 6.42 Å². The quantitative estimate of drug-likeness (QED) is 0.189. The van der Waals surface area contributed by atoms with E-state index >= 15 is 0 Å². The molecule has 33 heavy (non-hydrogen) atoms. The minimum absolute atomic E-state index is 0.0467. The van der Waals surface area contributed by atoms with Crippen molar-refractivity contribution in [1.82, 2.24) is 0 Å². The van der Waals surface area contributed by atoms with Gasteiger partial charge >= 0.3 is 24.1 Å². The number of ether oxygens (including phenoxy) is 4. The highest BCUT2D eigenvalue weighted by Gasteiger charge is 2.67. The molecule has 10 nitrogen and oxygen atoms in total. The number of rotatable bonds is 12. The highest BCUT2D eigenvalue weighted by molar-refractivity contribution is 5.87. The van der Waals surface area contributed by atoms with Crippen LogP contribution in [0.5, 0.6) is 0 Å². The maximum atomic E-state index is 12.4. The Morgan fingerprint density at radius 3 is 1.48 bits per heavy atom. The normalized spacial score (nSPS) is 15.3. The molecule has 188 valence electrons. The van der Waals surface area contributed by atoms with Gasteiger partial charge in [0.1, 0.15) is 12.2 Å². The van der Waals surface area contributed by atoms with Crippen LogP contribution in [0.1, 0.15) is 68.2 Å². The van der Waals surface area contributed by atoms with Gasteiger partial charge in [-0.25, -0.2) is 19.2 Å². The first-order valence-electron chi connectivity index (χ1n) is 10.6. The van der Waals surface area contributed by atoms with Gasteiger partial charge in [0.2, 0.25) is 0 Å². The van der Waals surface area contributed by atoms with Gasteiger partial charge < -0.3 is 30.4 Å². The number of primary amides is 2. The van der Waals surface area contributed by atoms with Crippen LogP contribution in [-0.4, -0.2) is 42.1 Å². The molecule has 0 bridgehead atoms. The maximum Gasteiger partial charge on any atom is 0.407 e. The Labute approximate surface area is 195 Å². The first-order chi connectivity index (χ1) is 14.9. The van der Waals surface area contributed by atoms with Crippen LogP contribution in [0.3, 0.4) is 0 Å². The van der Waals surface area contributed by atoms with Crippen molar-refractivity contribution in [2.75, 3.05) is 0 Å². The van der Waals surface area contributed by atoms with Crippen LogP contribution in [0, 0.1) is 10.8 Å². The first-order valence-corrected chi connectivity index (χ1v) is 10.6. The number of hydrogen-bond acceptors (Lipinski definition) is 8. The highest BCUT2D eigenvalue weighted by Crippen LogP contribution is 2.56. The van der Waals surface area contributed by atoms with Crippen LogP contribution in [0.25, 0.3) is 0 Å². The third-order valence-corrected chi connectivity index (χ3v) is 6.33. The van der Waals surface area contributed by atoms with E-state index in [1.165, 1.54) is 20.8 Å². The van der Waals surface area contributed by atoms with Crippen molar-refractivity contribution in [2.45, 2.75) is 86.2 Å². The second-order valence-corrected chi connectivity index (χ2v) is 8.92. The van der Waals surface area contributed by atoms with E-state index in [-0.39, 0.29) is 17.6 Å². The Balaban J connectivity index is 7.09. The lowest BCUT2D eigenvalue weighted by atomic mass is 9.56. The monoisotopic (exact) mass is 470 g/mol. The van der Waals surface area contributed by atoms with E-state index in [4.69, 9.17) is 30.4 Å². The molecule has 0 saturated carbocycles. The lowest BCUT2D eigenvalue weighted by molar-refractivity contribution is -0.303. The molecule has 3 unspecified atom stereocenters. The fourth-order valence-electron chi connectivity index (χ4n) is 3.78. The fraction of sp³-hybridized carbons (Fsp3) is 0.652. The van der Waals surface area contributed by atoms with E-state index in [9.17, 15) is 19.2 Å². The maximum absolute atomic E-state index is 12.4. The summed E-state index contributed by atoms with van der Waals surface area (Å²) in [5.74, 6) is -3.46.